The molecule has 0 aliphatic heterocycles. The van der Waals surface area contributed by atoms with E-state index in [2.05, 4.69) is 70.7 Å². The van der Waals surface area contributed by atoms with Gasteiger partial charge in [0.2, 0.25) is 0 Å². The molecule has 0 saturated heterocycles. The SMILES string of the molecule is N[C@H](c1ccc(NCc2ccccc2)cc1)c1ccsc1. The zero-order valence-corrected chi connectivity index (χ0v) is 12.5. The van der Waals surface area contributed by atoms with Crippen LogP contribution < -0.4 is 11.1 Å². The molecule has 0 spiro atoms. The third-order valence-corrected chi connectivity index (χ3v) is 4.21. The van der Waals surface area contributed by atoms with Gasteiger partial charge in [0.05, 0.1) is 6.04 Å². The maximum atomic E-state index is 6.26. The fourth-order valence-electron chi connectivity index (χ4n) is 2.25. The molecule has 0 aliphatic carbocycles. The standard InChI is InChI=1S/C18H18N2S/c19-18(16-10-11-21-13-16)15-6-8-17(9-7-15)20-12-14-4-2-1-3-5-14/h1-11,13,18,20H,12,19H2/t18-/m1/s1. The smallest absolute Gasteiger partial charge is 0.0559 e. The Balaban J connectivity index is 1.64. The van der Waals surface area contributed by atoms with Crippen LogP contribution in [-0.4, -0.2) is 0 Å². The quantitative estimate of drug-likeness (QED) is 0.731. The molecule has 21 heavy (non-hydrogen) atoms. The molecule has 106 valence electrons. The van der Waals surface area contributed by atoms with Crippen molar-refractivity contribution in [2.45, 2.75) is 12.6 Å². The van der Waals surface area contributed by atoms with Gasteiger partial charge in [0.25, 0.3) is 0 Å². The molecule has 0 saturated carbocycles. The van der Waals surface area contributed by atoms with Crippen molar-refractivity contribution in [3.63, 3.8) is 0 Å². The normalized spacial score (nSPS) is 12.0. The van der Waals surface area contributed by atoms with Crippen LogP contribution in [0, 0.1) is 0 Å². The number of nitrogens with one attached hydrogen (secondary N) is 1. The number of benzene rings is 2. The van der Waals surface area contributed by atoms with Gasteiger partial charge >= 0.3 is 0 Å². The van der Waals surface area contributed by atoms with E-state index < -0.39 is 0 Å². The number of anilines is 1. The molecule has 3 heteroatoms. The van der Waals surface area contributed by atoms with Crippen LogP contribution in [0.4, 0.5) is 5.69 Å². The third kappa shape index (κ3) is 3.51. The highest BCUT2D eigenvalue weighted by atomic mass is 32.1. The summed E-state index contributed by atoms with van der Waals surface area (Å²) >= 11 is 1.68. The first-order chi connectivity index (χ1) is 10.3. The molecule has 1 atom stereocenters. The minimum Gasteiger partial charge on any atom is -0.381 e. The van der Waals surface area contributed by atoms with Crippen molar-refractivity contribution in [3.05, 3.63) is 88.1 Å². The van der Waals surface area contributed by atoms with Crippen LogP contribution in [0.2, 0.25) is 0 Å². The Hall–Kier alpha value is -2.10. The second-order valence-corrected chi connectivity index (χ2v) is 5.78. The Morgan fingerprint density at radius 2 is 1.67 bits per heavy atom. The zero-order valence-electron chi connectivity index (χ0n) is 11.7. The van der Waals surface area contributed by atoms with E-state index in [0.29, 0.717) is 0 Å². The molecule has 0 unspecified atom stereocenters. The van der Waals surface area contributed by atoms with Crippen molar-refractivity contribution in [2.24, 2.45) is 5.73 Å². The van der Waals surface area contributed by atoms with Crippen molar-refractivity contribution in [1.82, 2.24) is 0 Å². The number of hydrogen-bond acceptors (Lipinski definition) is 3. The van der Waals surface area contributed by atoms with Crippen LogP contribution in [0.1, 0.15) is 22.7 Å². The molecule has 1 aromatic heterocycles. The van der Waals surface area contributed by atoms with Crippen molar-refractivity contribution in [3.8, 4) is 0 Å². The van der Waals surface area contributed by atoms with Crippen LogP contribution in [0.25, 0.3) is 0 Å². The molecule has 3 aromatic rings. The lowest BCUT2D eigenvalue weighted by Gasteiger charge is -2.12. The summed E-state index contributed by atoms with van der Waals surface area (Å²) in [5.41, 5.74) is 11.0. The van der Waals surface area contributed by atoms with Gasteiger partial charge < -0.3 is 11.1 Å². The van der Waals surface area contributed by atoms with Crippen LogP contribution in [0.15, 0.2) is 71.4 Å². The molecule has 0 aliphatic rings. The summed E-state index contributed by atoms with van der Waals surface area (Å²) in [6, 6.07) is 20.8. The number of thiophene rings is 1. The number of rotatable bonds is 5. The molecule has 2 aromatic carbocycles. The van der Waals surface area contributed by atoms with Gasteiger partial charge in [-0.1, -0.05) is 42.5 Å². The Bertz CT molecular complexity index is 660. The largest absolute Gasteiger partial charge is 0.381 e. The average molecular weight is 294 g/mol. The minimum atomic E-state index is -0.0422. The molecular formula is C18H18N2S. The van der Waals surface area contributed by atoms with Crippen LogP contribution in [-0.2, 0) is 6.54 Å². The highest BCUT2D eigenvalue weighted by Crippen LogP contribution is 2.23. The van der Waals surface area contributed by atoms with Crippen LogP contribution in [0.5, 0.6) is 0 Å². The maximum Gasteiger partial charge on any atom is 0.0559 e. The van der Waals surface area contributed by atoms with Crippen LogP contribution >= 0.6 is 11.3 Å². The highest BCUT2D eigenvalue weighted by molar-refractivity contribution is 7.08. The second kappa shape index (κ2) is 6.57. The second-order valence-electron chi connectivity index (χ2n) is 5.00. The summed E-state index contributed by atoms with van der Waals surface area (Å²) in [4.78, 5) is 0. The van der Waals surface area contributed by atoms with E-state index in [1.165, 1.54) is 11.1 Å². The summed E-state index contributed by atoms with van der Waals surface area (Å²) in [5, 5.41) is 7.59. The van der Waals surface area contributed by atoms with E-state index in [0.717, 1.165) is 17.8 Å². The molecule has 0 fully saturated rings. The Morgan fingerprint density at radius 1 is 0.905 bits per heavy atom. The third-order valence-electron chi connectivity index (χ3n) is 3.51. The highest BCUT2D eigenvalue weighted by Gasteiger charge is 2.08. The molecule has 0 radical (unpaired) electrons. The summed E-state index contributed by atoms with van der Waals surface area (Å²) in [6.45, 7) is 0.830. The lowest BCUT2D eigenvalue weighted by Crippen LogP contribution is -2.10. The van der Waals surface area contributed by atoms with Crippen molar-refractivity contribution >= 4 is 17.0 Å². The van der Waals surface area contributed by atoms with E-state index in [1.54, 1.807) is 11.3 Å². The van der Waals surface area contributed by atoms with E-state index in [4.69, 9.17) is 5.73 Å². The van der Waals surface area contributed by atoms with Crippen molar-refractivity contribution < 1.29 is 0 Å². The molecular weight excluding hydrogens is 276 g/mol. The van der Waals surface area contributed by atoms with Crippen LogP contribution in [0.3, 0.4) is 0 Å². The number of nitrogens with two attached hydrogens (primary N) is 1. The molecule has 2 nitrogen and oxygen atoms in total. The van der Waals surface area contributed by atoms with Gasteiger partial charge in [0.15, 0.2) is 0 Å². The fourth-order valence-corrected chi connectivity index (χ4v) is 2.95. The monoisotopic (exact) mass is 294 g/mol. The van der Waals surface area contributed by atoms with Gasteiger partial charge in [0.1, 0.15) is 0 Å². The fraction of sp³-hybridized carbons (Fsp3) is 0.111. The Labute approximate surface area is 129 Å². The predicted octanol–water partition coefficient (Wildman–Crippen LogP) is 4.41. The summed E-state index contributed by atoms with van der Waals surface area (Å²) in [6.07, 6.45) is 0. The van der Waals surface area contributed by atoms with E-state index >= 15 is 0 Å². The zero-order chi connectivity index (χ0) is 14.5. The van der Waals surface area contributed by atoms with E-state index in [1.807, 2.05) is 6.07 Å². The van der Waals surface area contributed by atoms with E-state index in [9.17, 15) is 0 Å². The summed E-state index contributed by atoms with van der Waals surface area (Å²) in [7, 11) is 0. The number of hydrogen-bond donors (Lipinski definition) is 2. The molecule has 0 bridgehead atoms. The Morgan fingerprint density at radius 3 is 2.33 bits per heavy atom. The molecule has 1 heterocycles. The molecule has 3 N–H and O–H groups in total. The van der Waals surface area contributed by atoms with Crippen molar-refractivity contribution in [2.75, 3.05) is 5.32 Å². The minimum absolute atomic E-state index is 0.0422. The average Bonchev–Trinajstić information content (AvgIpc) is 3.08. The molecule has 0 amide bonds. The van der Waals surface area contributed by atoms with Gasteiger partial charge in [0, 0.05) is 12.2 Å². The molecule has 3 rings (SSSR count). The van der Waals surface area contributed by atoms with Gasteiger partial charge in [-0.2, -0.15) is 11.3 Å². The summed E-state index contributed by atoms with van der Waals surface area (Å²) in [5.74, 6) is 0. The van der Waals surface area contributed by atoms with Gasteiger partial charge in [-0.15, -0.1) is 0 Å². The van der Waals surface area contributed by atoms with Crippen molar-refractivity contribution in [1.29, 1.82) is 0 Å². The Kier molecular flexibility index (Phi) is 4.34. The predicted molar refractivity (Wildman–Crippen MR) is 90.6 cm³/mol. The van der Waals surface area contributed by atoms with Gasteiger partial charge in [-0.25, -0.2) is 0 Å². The maximum absolute atomic E-state index is 6.26. The first-order valence-corrected chi connectivity index (χ1v) is 7.92. The topological polar surface area (TPSA) is 38.0 Å². The lowest BCUT2D eigenvalue weighted by atomic mass is 10.0. The first-order valence-electron chi connectivity index (χ1n) is 6.98. The lowest BCUT2D eigenvalue weighted by molar-refractivity contribution is 0.877. The first kappa shape index (κ1) is 13.9. The summed E-state index contributed by atoms with van der Waals surface area (Å²) < 4.78 is 0. The van der Waals surface area contributed by atoms with Gasteiger partial charge in [-0.3, -0.25) is 0 Å². The van der Waals surface area contributed by atoms with E-state index in [-0.39, 0.29) is 6.04 Å². The van der Waals surface area contributed by atoms with Gasteiger partial charge in [-0.05, 0) is 45.6 Å².